The van der Waals surface area contributed by atoms with Gasteiger partial charge in [0.1, 0.15) is 17.5 Å². The summed E-state index contributed by atoms with van der Waals surface area (Å²) in [6.07, 6.45) is 1.41. The van der Waals surface area contributed by atoms with Crippen molar-refractivity contribution >= 4 is 23.2 Å². The number of nitrogens with two attached hydrogens (primary N) is 1. The summed E-state index contributed by atoms with van der Waals surface area (Å²) < 4.78 is 12.8. The molecule has 0 aliphatic carbocycles. The van der Waals surface area contributed by atoms with E-state index in [9.17, 15) is 9.18 Å². The summed E-state index contributed by atoms with van der Waals surface area (Å²) in [5, 5.41) is 3.13. The summed E-state index contributed by atoms with van der Waals surface area (Å²) in [6.45, 7) is 1.21. The van der Waals surface area contributed by atoms with Crippen molar-refractivity contribution in [2.45, 2.75) is 19.4 Å². The number of hydrogen-bond donors (Lipinski definition) is 2. The molecule has 114 valence electrons. The Balaban J connectivity index is 1.69. The summed E-state index contributed by atoms with van der Waals surface area (Å²) in [5.41, 5.74) is 7.56. The van der Waals surface area contributed by atoms with E-state index in [0.29, 0.717) is 36.8 Å². The minimum absolute atomic E-state index is 0.0838. The highest BCUT2D eigenvalue weighted by atomic mass is 19.1. The van der Waals surface area contributed by atoms with Crippen LogP contribution in [0.4, 0.5) is 21.7 Å². The molecular formula is C16H17FN4O. The molecule has 1 aromatic carbocycles. The largest absolute Gasteiger partial charge is 0.382 e. The van der Waals surface area contributed by atoms with Crippen LogP contribution in [0.3, 0.4) is 0 Å². The van der Waals surface area contributed by atoms with Crippen molar-refractivity contribution in [1.29, 1.82) is 0 Å². The first-order chi connectivity index (χ1) is 10.6. The number of pyridine rings is 1. The highest BCUT2D eigenvalue weighted by Crippen LogP contribution is 2.27. The average Bonchev–Trinajstić information content (AvgIpc) is 2.93. The molecule has 1 aromatic heterocycles. The van der Waals surface area contributed by atoms with Gasteiger partial charge in [-0.15, -0.1) is 0 Å². The number of nitrogens with zero attached hydrogens (tertiary/aromatic N) is 2. The Bertz CT molecular complexity index is 687. The molecule has 1 fully saturated rings. The monoisotopic (exact) mass is 300 g/mol. The van der Waals surface area contributed by atoms with Gasteiger partial charge in [-0.05, 0) is 36.2 Å². The molecule has 0 radical (unpaired) electrons. The van der Waals surface area contributed by atoms with Crippen molar-refractivity contribution in [3.63, 3.8) is 0 Å². The molecule has 0 spiro atoms. The van der Waals surface area contributed by atoms with E-state index < -0.39 is 0 Å². The van der Waals surface area contributed by atoms with Crippen molar-refractivity contribution in [1.82, 2.24) is 4.98 Å². The lowest BCUT2D eigenvalue weighted by molar-refractivity contribution is -0.117. The number of carbonyl (C=O) groups is 1. The van der Waals surface area contributed by atoms with Gasteiger partial charge in [0.2, 0.25) is 5.91 Å². The number of nitrogen functional groups attached to an aromatic ring is 1. The van der Waals surface area contributed by atoms with Gasteiger partial charge in [-0.2, -0.15) is 0 Å². The van der Waals surface area contributed by atoms with Crippen molar-refractivity contribution in [3.8, 4) is 0 Å². The fraction of sp³-hybridized carbons (Fsp3) is 0.250. The van der Waals surface area contributed by atoms with Gasteiger partial charge in [0.25, 0.3) is 0 Å². The third kappa shape index (κ3) is 3.00. The van der Waals surface area contributed by atoms with E-state index in [2.05, 4.69) is 10.3 Å². The lowest BCUT2D eigenvalue weighted by atomic mass is 10.2. The van der Waals surface area contributed by atoms with E-state index in [1.807, 2.05) is 0 Å². The van der Waals surface area contributed by atoms with Gasteiger partial charge < -0.3 is 16.0 Å². The molecule has 3 rings (SSSR count). The molecule has 6 heteroatoms. The predicted octanol–water partition coefficient (Wildman–Crippen LogP) is 2.54. The van der Waals surface area contributed by atoms with Crippen molar-refractivity contribution in [2.75, 3.05) is 22.5 Å². The van der Waals surface area contributed by atoms with Crippen LogP contribution in [0.1, 0.15) is 18.4 Å². The quantitative estimate of drug-likeness (QED) is 0.910. The van der Waals surface area contributed by atoms with Crippen molar-refractivity contribution in [2.24, 2.45) is 0 Å². The van der Waals surface area contributed by atoms with E-state index in [1.54, 1.807) is 29.2 Å². The maximum absolute atomic E-state index is 12.8. The molecule has 0 unspecified atom stereocenters. The number of carbonyl (C=O) groups excluding carboxylic acids is 1. The lowest BCUT2D eigenvalue weighted by Gasteiger charge is -2.18. The molecule has 2 heterocycles. The van der Waals surface area contributed by atoms with Crippen LogP contribution in [0.15, 0.2) is 36.4 Å². The molecule has 5 nitrogen and oxygen atoms in total. The molecule has 0 bridgehead atoms. The number of hydrogen-bond acceptors (Lipinski definition) is 4. The predicted molar refractivity (Wildman–Crippen MR) is 84.0 cm³/mol. The number of amides is 1. The van der Waals surface area contributed by atoms with Crippen molar-refractivity contribution < 1.29 is 9.18 Å². The molecule has 0 atom stereocenters. The molecule has 1 aliphatic rings. The second-order valence-electron chi connectivity index (χ2n) is 5.23. The van der Waals surface area contributed by atoms with E-state index in [1.165, 1.54) is 12.1 Å². The highest BCUT2D eigenvalue weighted by molar-refractivity contribution is 5.97. The molecular weight excluding hydrogens is 283 g/mol. The van der Waals surface area contributed by atoms with E-state index in [-0.39, 0.29) is 11.7 Å². The SMILES string of the molecule is Nc1nc(NCc2ccc(F)cc2)ccc1N1CCCC1=O. The van der Waals surface area contributed by atoms with Gasteiger partial charge in [-0.1, -0.05) is 12.1 Å². The molecule has 22 heavy (non-hydrogen) atoms. The molecule has 0 saturated carbocycles. The Morgan fingerprint density at radius 3 is 2.64 bits per heavy atom. The van der Waals surface area contributed by atoms with Crippen LogP contribution in [-0.4, -0.2) is 17.4 Å². The maximum atomic E-state index is 12.8. The summed E-state index contributed by atoms with van der Waals surface area (Å²) >= 11 is 0. The lowest BCUT2D eigenvalue weighted by Crippen LogP contribution is -2.25. The number of rotatable bonds is 4. The topological polar surface area (TPSA) is 71.2 Å². The third-order valence-electron chi connectivity index (χ3n) is 3.65. The zero-order valence-corrected chi connectivity index (χ0v) is 12.1. The fourth-order valence-corrected chi connectivity index (χ4v) is 2.49. The van der Waals surface area contributed by atoms with Crippen LogP contribution in [-0.2, 0) is 11.3 Å². The van der Waals surface area contributed by atoms with E-state index >= 15 is 0 Å². The Morgan fingerprint density at radius 1 is 1.23 bits per heavy atom. The average molecular weight is 300 g/mol. The van der Waals surface area contributed by atoms with E-state index in [0.717, 1.165) is 12.0 Å². The summed E-state index contributed by atoms with van der Waals surface area (Å²) in [5.74, 6) is 0.780. The maximum Gasteiger partial charge on any atom is 0.227 e. The fourth-order valence-electron chi connectivity index (χ4n) is 2.49. The molecule has 3 N–H and O–H groups in total. The summed E-state index contributed by atoms with van der Waals surface area (Å²) in [6, 6.07) is 9.85. The minimum atomic E-state index is -0.259. The Morgan fingerprint density at radius 2 is 2.00 bits per heavy atom. The first-order valence-electron chi connectivity index (χ1n) is 7.19. The molecule has 2 aromatic rings. The Labute approximate surface area is 128 Å². The van der Waals surface area contributed by atoms with Crippen molar-refractivity contribution in [3.05, 3.63) is 47.8 Å². The molecule has 1 saturated heterocycles. The van der Waals surface area contributed by atoms with E-state index in [4.69, 9.17) is 5.73 Å². The van der Waals surface area contributed by atoms with Gasteiger partial charge >= 0.3 is 0 Å². The van der Waals surface area contributed by atoms with Crippen LogP contribution in [0.5, 0.6) is 0 Å². The third-order valence-corrected chi connectivity index (χ3v) is 3.65. The summed E-state index contributed by atoms with van der Waals surface area (Å²) in [4.78, 5) is 17.7. The van der Waals surface area contributed by atoms with Crippen LogP contribution < -0.4 is 16.0 Å². The Kier molecular flexibility index (Phi) is 3.91. The first kappa shape index (κ1) is 14.3. The van der Waals surface area contributed by atoms with Crippen LogP contribution >= 0.6 is 0 Å². The standard InChI is InChI=1S/C16H17FN4O/c17-12-5-3-11(4-6-12)10-19-14-8-7-13(16(18)20-14)21-9-1-2-15(21)22/h3-8H,1-2,9-10H2,(H3,18,19,20). The van der Waals surface area contributed by atoms with Gasteiger partial charge in [-0.25, -0.2) is 9.37 Å². The molecule has 1 aliphatic heterocycles. The smallest absolute Gasteiger partial charge is 0.227 e. The normalized spacial score (nSPS) is 14.4. The first-order valence-corrected chi connectivity index (χ1v) is 7.19. The van der Waals surface area contributed by atoms with Gasteiger partial charge in [0.05, 0.1) is 5.69 Å². The Hall–Kier alpha value is -2.63. The minimum Gasteiger partial charge on any atom is -0.382 e. The summed E-state index contributed by atoms with van der Waals surface area (Å²) in [7, 11) is 0. The van der Waals surface area contributed by atoms with Gasteiger partial charge in [-0.3, -0.25) is 4.79 Å². The van der Waals surface area contributed by atoms with Gasteiger partial charge in [0, 0.05) is 19.5 Å². The van der Waals surface area contributed by atoms with Crippen LogP contribution in [0, 0.1) is 5.82 Å². The van der Waals surface area contributed by atoms with Crippen LogP contribution in [0.25, 0.3) is 0 Å². The number of benzene rings is 1. The zero-order valence-electron chi connectivity index (χ0n) is 12.1. The highest BCUT2D eigenvalue weighted by Gasteiger charge is 2.23. The molecule has 1 amide bonds. The number of anilines is 3. The second-order valence-corrected chi connectivity index (χ2v) is 5.23. The second kappa shape index (κ2) is 6.01. The van der Waals surface area contributed by atoms with Crippen LogP contribution in [0.2, 0.25) is 0 Å². The number of nitrogens with one attached hydrogen (secondary N) is 1. The number of halogens is 1. The number of aromatic nitrogens is 1. The van der Waals surface area contributed by atoms with Gasteiger partial charge in [0.15, 0.2) is 0 Å². The zero-order chi connectivity index (χ0) is 15.5.